The Balaban J connectivity index is 2.00. The summed E-state index contributed by atoms with van der Waals surface area (Å²) in [5.41, 5.74) is 1.09. The molecule has 16 heavy (non-hydrogen) atoms. The van der Waals surface area contributed by atoms with E-state index in [1.165, 1.54) is 0 Å². The number of rotatable bonds is 3. The molecule has 0 unspecified atom stereocenters. The predicted octanol–water partition coefficient (Wildman–Crippen LogP) is 2.76. The molecule has 0 spiro atoms. The first kappa shape index (κ1) is 11.4. The van der Waals surface area contributed by atoms with Gasteiger partial charge in [-0.15, -0.1) is 0 Å². The Morgan fingerprint density at radius 3 is 2.75 bits per heavy atom. The Kier molecular flexibility index (Phi) is 3.78. The van der Waals surface area contributed by atoms with Crippen LogP contribution in [0.3, 0.4) is 0 Å². The van der Waals surface area contributed by atoms with Gasteiger partial charge >= 0.3 is 0 Å². The Bertz CT molecular complexity index is 332. The SMILES string of the molecule is CC(C)c1cccc(OC2CCOCC2)n1. The lowest BCUT2D eigenvalue weighted by atomic mass is 10.1. The maximum Gasteiger partial charge on any atom is 0.213 e. The average Bonchev–Trinajstić information content (AvgIpc) is 2.30. The first-order valence-electron chi connectivity index (χ1n) is 5.97. The second kappa shape index (κ2) is 5.30. The molecule has 2 heterocycles. The van der Waals surface area contributed by atoms with Crippen molar-refractivity contribution >= 4 is 0 Å². The number of hydrogen-bond acceptors (Lipinski definition) is 3. The van der Waals surface area contributed by atoms with E-state index < -0.39 is 0 Å². The standard InChI is InChI=1S/C13H19NO2/c1-10(2)12-4-3-5-13(14-12)16-11-6-8-15-9-7-11/h3-5,10-11H,6-9H2,1-2H3. The van der Waals surface area contributed by atoms with Gasteiger partial charge in [0.05, 0.1) is 13.2 Å². The Morgan fingerprint density at radius 1 is 1.31 bits per heavy atom. The Morgan fingerprint density at radius 2 is 2.06 bits per heavy atom. The van der Waals surface area contributed by atoms with Crippen LogP contribution in [-0.4, -0.2) is 24.3 Å². The summed E-state index contributed by atoms with van der Waals surface area (Å²) in [5, 5.41) is 0. The van der Waals surface area contributed by atoms with Gasteiger partial charge in [-0.25, -0.2) is 4.98 Å². The molecule has 1 aliphatic rings. The van der Waals surface area contributed by atoms with Crippen LogP contribution in [0.15, 0.2) is 18.2 Å². The molecule has 0 amide bonds. The molecule has 1 aromatic heterocycles. The molecule has 1 fully saturated rings. The number of pyridine rings is 1. The lowest BCUT2D eigenvalue weighted by Crippen LogP contribution is -2.26. The van der Waals surface area contributed by atoms with Gasteiger partial charge in [-0.2, -0.15) is 0 Å². The van der Waals surface area contributed by atoms with E-state index in [9.17, 15) is 0 Å². The molecule has 0 aromatic carbocycles. The summed E-state index contributed by atoms with van der Waals surface area (Å²) < 4.78 is 11.2. The molecule has 88 valence electrons. The molecule has 0 radical (unpaired) electrons. The van der Waals surface area contributed by atoms with Crippen molar-refractivity contribution in [2.75, 3.05) is 13.2 Å². The molecule has 0 aliphatic carbocycles. The van der Waals surface area contributed by atoms with Crippen molar-refractivity contribution in [1.29, 1.82) is 0 Å². The summed E-state index contributed by atoms with van der Waals surface area (Å²) in [6, 6.07) is 5.99. The second-order valence-corrected chi connectivity index (χ2v) is 4.48. The van der Waals surface area contributed by atoms with Crippen LogP contribution >= 0.6 is 0 Å². The van der Waals surface area contributed by atoms with Crippen LogP contribution in [0.1, 0.15) is 38.3 Å². The number of aromatic nitrogens is 1. The zero-order valence-corrected chi connectivity index (χ0v) is 9.98. The van der Waals surface area contributed by atoms with Gasteiger partial charge in [-0.3, -0.25) is 0 Å². The van der Waals surface area contributed by atoms with Crippen molar-refractivity contribution in [3.63, 3.8) is 0 Å². The van der Waals surface area contributed by atoms with Crippen LogP contribution in [0.25, 0.3) is 0 Å². The maximum atomic E-state index is 5.86. The van der Waals surface area contributed by atoms with Gasteiger partial charge in [0.2, 0.25) is 5.88 Å². The van der Waals surface area contributed by atoms with Crippen molar-refractivity contribution in [3.8, 4) is 5.88 Å². The van der Waals surface area contributed by atoms with Gasteiger partial charge in [-0.1, -0.05) is 19.9 Å². The van der Waals surface area contributed by atoms with Crippen molar-refractivity contribution in [2.45, 2.75) is 38.7 Å². The van der Waals surface area contributed by atoms with E-state index in [1.807, 2.05) is 18.2 Å². The van der Waals surface area contributed by atoms with Gasteiger partial charge in [0.15, 0.2) is 0 Å². The maximum absolute atomic E-state index is 5.86. The minimum absolute atomic E-state index is 0.267. The number of hydrogen-bond donors (Lipinski definition) is 0. The third-order valence-electron chi connectivity index (χ3n) is 2.79. The van der Waals surface area contributed by atoms with Crippen LogP contribution in [0.5, 0.6) is 5.88 Å². The van der Waals surface area contributed by atoms with Gasteiger partial charge in [0.25, 0.3) is 0 Å². The summed E-state index contributed by atoms with van der Waals surface area (Å²) in [4.78, 5) is 4.50. The molecule has 0 atom stereocenters. The summed E-state index contributed by atoms with van der Waals surface area (Å²) in [5.74, 6) is 1.19. The van der Waals surface area contributed by atoms with E-state index in [-0.39, 0.29) is 6.10 Å². The van der Waals surface area contributed by atoms with Crippen LogP contribution in [0.2, 0.25) is 0 Å². The van der Waals surface area contributed by atoms with E-state index in [2.05, 4.69) is 18.8 Å². The van der Waals surface area contributed by atoms with Crippen LogP contribution < -0.4 is 4.74 Å². The van der Waals surface area contributed by atoms with Gasteiger partial charge < -0.3 is 9.47 Å². The second-order valence-electron chi connectivity index (χ2n) is 4.48. The van der Waals surface area contributed by atoms with Crippen molar-refractivity contribution in [2.24, 2.45) is 0 Å². The number of ether oxygens (including phenoxy) is 2. The lowest BCUT2D eigenvalue weighted by Gasteiger charge is -2.23. The van der Waals surface area contributed by atoms with Crippen LogP contribution in [0, 0.1) is 0 Å². The van der Waals surface area contributed by atoms with Crippen molar-refractivity contribution in [1.82, 2.24) is 4.98 Å². The fourth-order valence-corrected chi connectivity index (χ4v) is 1.78. The highest BCUT2D eigenvalue weighted by molar-refractivity contribution is 5.18. The summed E-state index contributed by atoms with van der Waals surface area (Å²) >= 11 is 0. The van der Waals surface area contributed by atoms with E-state index >= 15 is 0 Å². The molecule has 3 heteroatoms. The zero-order chi connectivity index (χ0) is 11.4. The van der Waals surface area contributed by atoms with Crippen molar-refractivity contribution in [3.05, 3.63) is 23.9 Å². The molecule has 0 bridgehead atoms. The molecule has 0 N–H and O–H groups in total. The first-order chi connectivity index (χ1) is 7.75. The topological polar surface area (TPSA) is 31.4 Å². The molecule has 2 rings (SSSR count). The van der Waals surface area contributed by atoms with Crippen molar-refractivity contribution < 1.29 is 9.47 Å². The van der Waals surface area contributed by atoms with E-state index in [0.717, 1.165) is 37.6 Å². The third kappa shape index (κ3) is 2.95. The molecule has 1 aromatic rings. The van der Waals surface area contributed by atoms with Gasteiger partial charge in [-0.05, 0) is 12.0 Å². The molecular formula is C13H19NO2. The summed E-state index contributed by atoms with van der Waals surface area (Å²) in [6.45, 7) is 5.88. The molecule has 0 saturated carbocycles. The minimum atomic E-state index is 0.267. The summed E-state index contributed by atoms with van der Waals surface area (Å²) in [7, 11) is 0. The van der Waals surface area contributed by atoms with Gasteiger partial charge in [0.1, 0.15) is 6.10 Å². The van der Waals surface area contributed by atoms with Crippen LogP contribution in [0.4, 0.5) is 0 Å². The predicted molar refractivity (Wildman–Crippen MR) is 62.8 cm³/mol. The number of nitrogens with zero attached hydrogens (tertiary/aromatic N) is 1. The zero-order valence-electron chi connectivity index (χ0n) is 9.98. The minimum Gasteiger partial charge on any atom is -0.474 e. The smallest absolute Gasteiger partial charge is 0.213 e. The van der Waals surface area contributed by atoms with Gasteiger partial charge in [0, 0.05) is 24.6 Å². The molecule has 3 nitrogen and oxygen atoms in total. The average molecular weight is 221 g/mol. The third-order valence-corrected chi connectivity index (χ3v) is 2.79. The highest BCUT2D eigenvalue weighted by Crippen LogP contribution is 2.19. The molecular weight excluding hydrogens is 202 g/mol. The largest absolute Gasteiger partial charge is 0.474 e. The summed E-state index contributed by atoms with van der Waals surface area (Å²) in [6.07, 6.45) is 2.20. The monoisotopic (exact) mass is 221 g/mol. The van der Waals surface area contributed by atoms with Crippen LogP contribution in [-0.2, 0) is 4.74 Å². The van der Waals surface area contributed by atoms with E-state index in [0.29, 0.717) is 5.92 Å². The lowest BCUT2D eigenvalue weighted by molar-refractivity contribution is 0.0236. The highest BCUT2D eigenvalue weighted by Gasteiger charge is 2.16. The van der Waals surface area contributed by atoms with E-state index in [1.54, 1.807) is 0 Å². The fourth-order valence-electron chi connectivity index (χ4n) is 1.78. The normalized spacial score (nSPS) is 17.7. The molecule has 1 saturated heterocycles. The molecule has 1 aliphatic heterocycles. The fraction of sp³-hybridized carbons (Fsp3) is 0.615. The van der Waals surface area contributed by atoms with E-state index in [4.69, 9.17) is 9.47 Å². The quantitative estimate of drug-likeness (QED) is 0.786. The first-order valence-corrected chi connectivity index (χ1v) is 5.97. The Labute approximate surface area is 96.8 Å². The Hall–Kier alpha value is -1.09. The highest BCUT2D eigenvalue weighted by atomic mass is 16.5.